The van der Waals surface area contributed by atoms with E-state index in [4.69, 9.17) is 17.3 Å². The fraction of sp³-hybridized carbons (Fsp3) is 0.500. The van der Waals surface area contributed by atoms with Gasteiger partial charge in [0.05, 0.1) is 5.02 Å². The molecule has 0 bridgehead atoms. The molecule has 0 spiro atoms. The molecule has 0 heterocycles. The number of nitrogens with two attached hydrogens (primary N) is 1. The summed E-state index contributed by atoms with van der Waals surface area (Å²) in [7, 11) is -2.06. The molecule has 0 aliphatic heterocycles. The first-order valence-electron chi connectivity index (χ1n) is 5.55. The summed E-state index contributed by atoms with van der Waals surface area (Å²) < 4.78 is 26.0. The number of hydrogen-bond donors (Lipinski definition) is 1. The van der Waals surface area contributed by atoms with E-state index in [-0.39, 0.29) is 15.3 Å². The van der Waals surface area contributed by atoms with Crippen molar-refractivity contribution in [2.24, 2.45) is 5.41 Å². The molecule has 0 aliphatic rings. The molecule has 0 saturated carbocycles. The van der Waals surface area contributed by atoms with Crippen LogP contribution in [0.5, 0.6) is 0 Å². The predicted molar refractivity (Wildman–Crippen MR) is 75.1 cm³/mol. The van der Waals surface area contributed by atoms with Crippen molar-refractivity contribution in [3.05, 3.63) is 23.2 Å². The van der Waals surface area contributed by atoms with Crippen LogP contribution in [0.3, 0.4) is 0 Å². The Morgan fingerprint density at radius 2 is 1.89 bits per heavy atom. The molecule has 0 saturated heterocycles. The Bertz CT molecular complexity index is 535. The van der Waals surface area contributed by atoms with Gasteiger partial charge in [0.25, 0.3) is 0 Å². The second-order valence-electron chi connectivity index (χ2n) is 5.51. The molecule has 1 rings (SSSR count). The Balaban J connectivity index is 3.17. The third-order valence-electron chi connectivity index (χ3n) is 2.34. The van der Waals surface area contributed by atoms with Crippen LogP contribution in [-0.2, 0) is 10.0 Å². The molecule has 1 aromatic carbocycles. The number of nitrogen functional groups attached to an aromatic ring is 1. The Kier molecular flexibility index (Phi) is 4.30. The molecule has 102 valence electrons. The first kappa shape index (κ1) is 15.3. The number of nitrogens with zero attached hydrogens (tertiary/aromatic N) is 1. The van der Waals surface area contributed by atoms with E-state index in [0.717, 1.165) is 0 Å². The standard InChI is InChI=1S/C12H19ClN2O2S/c1-12(2,3)8-15(4)18(16,17)11-7-9(14)5-6-10(11)13/h5-7H,8,14H2,1-4H3. The van der Waals surface area contributed by atoms with Crippen LogP contribution < -0.4 is 5.73 Å². The van der Waals surface area contributed by atoms with Gasteiger partial charge in [-0.3, -0.25) is 0 Å². The van der Waals surface area contributed by atoms with Crippen molar-refractivity contribution in [3.8, 4) is 0 Å². The summed E-state index contributed by atoms with van der Waals surface area (Å²) in [5.41, 5.74) is 5.86. The average Bonchev–Trinajstić information content (AvgIpc) is 2.19. The monoisotopic (exact) mass is 290 g/mol. The molecule has 0 atom stereocenters. The normalized spacial score (nSPS) is 13.0. The van der Waals surface area contributed by atoms with Crippen molar-refractivity contribution in [3.63, 3.8) is 0 Å². The average molecular weight is 291 g/mol. The topological polar surface area (TPSA) is 63.4 Å². The van der Waals surface area contributed by atoms with E-state index in [1.807, 2.05) is 20.8 Å². The highest BCUT2D eigenvalue weighted by Gasteiger charge is 2.27. The summed E-state index contributed by atoms with van der Waals surface area (Å²) in [4.78, 5) is 0.0518. The zero-order chi connectivity index (χ0) is 14.1. The van der Waals surface area contributed by atoms with Gasteiger partial charge in [-0.2, -0.15) is 0 Å². The maximum absolute atomic E-state index is 12.4. The minimum atomic E-state index is -3.60. The van der Waals surface area contributed by atoms with Gasteiger partial charge < -0.3 is 5.73 Å². The summed E-state index contributed by atoms with van der Waals surface area (Å²) in [6.07, 6.45) is 0. The van der Waals surface area contributed by atoms with Crippen LogP contribution in [0.4, 0.5) is 5.69 Å². The van der Waals surface area contributed by atoms with Gasteiger partial charge in [0.1, 0.15) is 4.90 Å². The quantitative estimate of drug-likeness (QED) is 0.870. The molecule has 4 nitrogen and oxygen atoms in total. The van der Waals surface area contributed by atoms with Gasteiger partial charge >= 0.3 is 0 Å². The van der Waals surface area contributed by atoms with Crippen LogP contribution in [-0.4, -0.2) is 26.3 Å². The van der Waals surface area contributed by atoms with E-state index in [1.54, 1.807) is 13.1 Å². The van der Waals surface area contributed by atoms with Gasteiger partial charge in [0.2, 0.25) is 10.0 Å². The Morgan fingerprint density at radius 1 is 1.33 bits per heavy atom. The van der Waals surface area contributed by atoms with Crippen molar-refractivity contribution in [2.75, 3.05) is 19.3 Å². The molecule has 1 aromatic rings. The van der Waals surface area contributed by atoms with Gasteiger partial charge in [-0.15, -0.1) is 0 Å². The van der Waals surface area contributed by atoms with Gasteiger partial charge in [-0.05, 0) is 23.6 Å². The number of hydrogen-bond acceptors (Lipinski definition) is 3. The Labute approximate surface area is 114 Å². The van der Waals surface area contributed by atoms with E-state index < -0.39 is 10.0 Å². The summed E-state index contributed by atoms with van der Waals surface area (Å²) in [6, 6.07) is 4.45. The van der Waals surface area contributed by atoms with Crippen LogP contribution in [0.25, 0.3) is 0 Å². The molecular formula is C12H19ClN2O2S. The Morgan fingerprint density at radius 3 is 2.39 bits per heavy atom. The second kappa shape index (κ2) is 5.07. The number of sulfonamides is 1. The fourth-order valence-electron chi connectivity index (χ4n) is 1.64. The molecule has 0 aliphatic carbocycles. The maximum atomic E-state index is 12.4. The van der Waals surface area contributed by atoms with Crippen molar-refractivity contribution in [2.45, 2.75) is 25.7 Å². The van der Waals surface area contributed by atoms with E-state index >= 15 is 0 Å². The number of anilines is 1. The summed E-state index contributed by atoms with van der Waals surface area (Å²) in [6.45, 7) is 6.32. The van der Waals surface area contributed by atoms with Gasteiger partial charge in [0, 0.05) is 19.3 Å². The van der Waals surface area contributed by atoms with E-state index in [9.17, 15) is 8.42 Å². The lowest BCUT2D eigenvalue weighted by molar-refractivity contribution is 0.311. The first-order valence-corrected chi connectivity index (χ1v) is 7.37. The maximum Gasteiger partial charge on any atom is 0.244 e. The summed E-state index contributed by atoms with van der Waals surface area (Å²) >= 11 is 5.93. The van der Waals surface area contributed by atoms with Crippen LogP contribution >= 0.6 is 11.6 Å². The van der Waals surface area contributed by atoms with E-state index in [2.05, 4.69) is 0 Å². The van der Waals surface area contributed by atoms with Crippen molar-refractivity contribution in [1.82, 2.24) is 4.31 Å². The highest BCUT2D eigenvalue weighted by atomic mass is 35.5. The lowest BCUT2D eigenvalue weighted by atomic mass is 9.97. The molecule has 0 radical (unpaired) electrons. The molecule has 2 N–H and O–H groups in total. The molecular weight excluding hydrogens is 272 g/mol. The second-order valence-corrected chi connectivity index (χ2v) is 7.93. The minimum Gasteiger partial charge on any atom is -0.399 e. The number of benzene rings is 1. The zero-order valence-corrected chi connectivity index (χ0v) is 12.6. The van der Waals surface area contributed by atoms with Crippen LogP contribution in [0.1, 0.15) is 20.8 Å². The molecule has 18 heavy (non-hydrogen) atoms. The van der Waals surface area contributed by atoms with Crippen LogP contribution in [0, 0.1) is 5.41 Å². The summed E-state index contributed by atoms with van der Waals surface area (Å²) in [5.74, 6) is 0. The van der Waals surface area contributed by atoms with E-state index in [0.29, 0.717) is 12.2 Å². The highest BCUT2D eigenvalue weighted by molar-refractivity contribution is 7.89. The predicted octanol–water partition coefficient (Wildman–Crippen LogP) is 2.59. The number of rotatable bonds is 3. The lowest BCUT2D eigenvalue weighted by Crippen LogP contribution is -2.34. The SMILES string of the molecule is CN(CC(C)(C)C)S(=O)(=O)c1cc(N)ccc1Cl. The Hall–Kier alpha value is -0.780. The first-order chi connectivity index (χ1) is 8.04. The van der Waals surface area contributed by atoms with Crippen LogP contribution in [0.2, 0.25) is 5.02 Å². The van der Waals surface area contributed by atoms with Crippen molar-refractivity contribution in [1.29, 1.82) is 0 Å². The molecule has 0 amide bonds. The van der Waals surface area contributed by atoms with E-state index in [1.165, 1.54) is 16.4 Å². The smallest absolute Gasteiger partial charge is 0.244 e. The highest BCUT2D eigenvalue weighted by Crippen LogP contribution is 2.27. The van der Waals surface area contributed by atoms with Gasteiger partial charge in [-0.1, -0.05) is 32.4 Å². The third-order valence-corrected chi connectivity index (χ3v) is 4.63. The third kappa shape index (κ3) is 3.60. The van der Waals surface area contributed by atoms with Gasteiger partial charge in [-0.25, -0.2) is 12.7 Å². The van der Waals surface area contributed by atoms with Crippen LogP contribution in [0.15, 0.2) is 23.1 Å². The molecule has 0 aromatic heterocycles. The summed E-state index contributed by atoms with van der Waals surface area (Å²) in [5, 5.41) is 0.185. The molecule has 0 fully saturated rings. The molecule has 6 heteroatoms. The lowest BCUT2D eigenvalue weighted by Gasteiger charge is -2.26. The zero-order valence-electron chi connectivity index (χ0n) is 11.1. The fourth-order valence-corrected chi connectivity index (χ4v) is 3.54. The number of halogens is 1. The van der Waals surface area contributed by atoms with Crippen molar-refractivity contribution >= 4 is 27.3 Å². The van der Waals surface area contributed by atoms with Gasteiger partial charge in [0.15, 0.2) is 0 Å². The van der Waals surface area contributed by atoms with Crippen molar-refractivity contribution < 1.29 is 8.42 Å². The molecule has 0 unspecified atom stereocenters. The minimum absolute atomic E-state index is 0.0518. The largest absolute Gasteiger partial charge is 0.399 e.